The molecule has 0 N–H and O–H groups in total. The van der Waals surface area contributed by atoms with E-state index in [4.69, 9.17) is 11.6 Å². The molecule has 2 amide bonds. The van der Waals surface area contributed by atoms with Gasteiger partial charge >= 0.3 is 0 Å². The van der Waals surface area contributed by atoms with Gasteiger partial charge in [-0.1, -0.05) is 42.8 Å². The largest absolute Gasteiger partial charge is 0.368 e. The Labute approximate surface area is 176 Å². The zero-order valence-electron chi connectivity index (χ0n) is 16.7. The molecular formula is C23H26ClN3O2. The van der Waals surface area contributed by atoms with Gasteiger partial charge in [-0.05, 0) is 36.2 Å². The molecule has 0 saturated carbocycles. The normalized spacial score (nSPS) is 19.7. The first-order valence-electron chi connectivity index (χ1n) is 10.2. The summed E-state index contributed by atoms with van der Waals surface area (Å²) in [4.78, 5) is 31.7. The van der Waals surface area contributed by atoms with E-state index in [9.17, 15) is 9.59 Å². The molecule has 2 aromatic carbocycles. The van der Waals surface area contributed by atoms with Crippen molar-refractivity contribution in [1.82, 2.24) is 4.90 Å². The molecule has 152 valence electrons. The summed E-state index contributed by atoms with van der Waals surface area (Å²) in [5.74, 6) is -0.118. The van der Waals surface area contributed by atoms with Crippen LogP contribution in [-0.4, -0.2) is 49.4 Å². The summed E-state index contributed by atoms with van der Waals surface area (Å²) < 4.78 is 0. The van der Waals surface area contributed by atoms with Crippen LogP contribution in [0.1, 0.15) is 18.9 Å². The van der Waals surface area contributed by atoms with Gasteiger partial charge in [0.05, 0.1) is 5.92 Å². The molecule has 0 radical (unpaired) electrons. The van der Waals surface area contributed by atoms with Gasteiger partial charge in [0.15, 0.2) is 0 Å². The monoisotopic (exact) mass is 411 g/mol. The summed E-state index contributed by atoms with van der Waals surface area (Å²) in [5, 5.41) is 0.720. The van der Waals surface area contributed by atoms with Crippen molar-refractivity contribution in [2.75, 3.05) is 42.5 Å². The molecule has 2 aliphatic rings. The van der Waals surface area contributed by atoms with E-state index < -0.39 is 0 Å². The molecule has 1 atom stereocenters. The number of nitrogens with zero attached hydrogens (tertiary/aromatic N) is 3. The maximum Gasteiger partial charge on any atom is 0.228 e. The lowest BCUT2D eigenvalue weighted by molar-refractivity contribution is -0.136. The molecule has 2 aliphatic heterocycles. The van der Waals surface area contributed by atoms with E-state index in [1.54, 1.807) is 4.90 Å². The minimum atomic E-state index is -0.259. The van der Waals surface area contributed by atoms with Gasteiger partial charge in [0.2, 0.25) is 11.8 Å². The Bertz CT molecular complexity index is 909. The fraction of sp³-hybridized carbons (Fsp3) is 0.391. The molecule has 2 aromatic rings. The van der Waals surface area contributed by atoms with Crippen molar-refractivity contribution in [2.24, 2.45) is 5.92 Å². The first-order chi connectivity index (χ1) is 14.1. The second kappa shape index (κ2) is 8.46. The topological polar surface area (TPSA) is 43.9 Å². The highest BCUT2D eigenvalue weighted by Gasteiger charge is 2.38. The molecule has 29 heavy (non-hydrogen) atoms. The van der Waals surface area contributed by atoms with Gasteiger partial charge in [-0.15, -0.1) is 0 Å². The van der Waals surface area contributed by atoms with Crippen LogP contribution in [0.3, 0.4) is 0 Å². The van der Waals surface area contributed by atoms with Crippen molar-refractivity contribution in [3.05, 3.63) is 59.1 Å². The number of para-hydroxylation sites is 1. The maximum absolute atomic E-state index is 13.1. The average molecular weight is 412 g/mol. The lowest BCUT2D eigenvalue weighted by atomic mass is 10.1. The fourth-order valence-corrected chi connectivity index (χ4v) is 4.48. The van der Waals surface area contributed by atoms with Gasteiger partial charge in [-0.25, -0.2) is 0 Å². The zero-order valence-corrected chi connectivity index (χ0v) is 17.4. The van der Waals surface area contributed by atoms with Crippen LogP contribution in [0.4, 0.5) is 11.4 Å². The van der Waals surface area contributed by atoms with E-state index in [0.717, 1.165) is 41.5 Å². The summed E-state index contributed by atoms with van der Waals surface area (Å²) >= 11 is 6.10. The van der Waals surface area contributed by atoms with Gasteiger partial charge in [0.25, 0.3) is 0 Å². The van der Waals surface area contributed by atoms with Gasteiger partial charge in [-0.3, -0.25) is 9.59 Å². The number of piperazine rings is 1. The second-order valence-corrected chi connectivity index (χ2v) is 8.12. The van der Waals surface area contributed by atoms with Crippen LogP contribution in [0.2, 0.25) is 5.02 Å². The lowest BCUT2D eigenvalue weighted by Gasteiger charge is -2.37. The molecular weight excluding hydrogens is 386 g/mol. The SMILES string of the molecule is CCc1ccccc1N1C[C@@H](C(=O)N2CCN(c3cccc(Cl)c3)CC2)CC1=O. The number of rotatable bonds is 4. The number of anilines is 2. The number of carbonyl (C=O) groups is 2. The van der Waals surface area contributed by atoms with E-state index in [0.29, 0.717) is 26.1 Å². The third kappa shape index (κ3) is 4.10. The molecule has 0 aromatic heterocycles. The van der Waals surface area contributed by atoms with Crippen molar-refractivity contribution in [3.63, 3.8) is 0 Å². The Balaban J connectivity index is 1.39. The molecule has 4 rings (SSSR count). The molecule has 5 nitrogen and oxygen atoms in total. The number of hydrogen-bond acceptors (Lipinski definition) is 3. The Morgan fingerprint density at radius 3 is 2.55 bits per heavy atom. The van der Waals surface area contributed by atoms with Gasteiger partial charge in [-0.2, -0.15) is 0 Å². The van der Waals surface area contributed by atoms with Crippen molar-refractivity contribution < 1.29 is 9.59 Å². The third-order valence-electron chi connectivity index (χ3n) is 5.90. The predicted octanol–water partition coefficient (Wildman–Crippen LogP) is 3.60. The first-order valence-corrected chi connectivity index (χ1v) is 10.6. The van der Waals surface area contributed by atoms with Crippen molar-refractivity contribution >= 4 is 34.8 Å². The molecule has 0 bridgehead atoms. The number of carbonyl (C=O) groups excluding carboxylic acids is 2. The minimum Gasteiger partial charge on any atom is -0.368 e. The van der Waals surface area contributed by atoms with E-state index in [1.165, 1.54) is 0 Å². The quantitative estimate of drug-likeness (QED) is 0.772. The molecule has 0 aliphatic carbocycles. The summed E-state index contributed by atoms with van der Waals surface area (Å²) in [6.07, 6.45) is 1.16. The van der Waals surface area contributed by atoms with E-state index in [2.05, 4.69) is 11.8 Å². The van der Waals surface area contributed by atoms with E-state index in [1.807, 2.05) is 53.4 Å². The van der Waals surface area contributed by atoms with Crippen LogP contribution in [0.15, 0.2) is 48.5 Å². The van der Waals surface area contributed by atoms with Crippen LogP contribution in [0, 0.1) is 5.92 Å². The average Bonchev–Trinajstić information content (AvgIpc) is 3.14. The van der Waals surface area contributed by atoms with Gasteiger partial charge < -0.3 is 14.7 Å². The predicted molar refractivity (Wildman–Crippen MR) is 117 cm³/mol. The van der Waals surface area contributed by atoms with E-state index in [-0.39, 0.29) is 17.7 Å². The summed E-state index contributed by atoms with van der Waals surface area (Å²) in [7, 11) is 0. The molecule has 2 fully saturated rings. The highest BCUT2D eigenvalue weighted by atomic mass is 35.5. The Morgan fingerprint density at radius 1 is 1.07 bits per heavy atom. The first kappa shape index (κ1) is 19.8. The maximum atomic E-state index is 13.1. The molecule has 0 spiro atoms. The summed E-state index contributed by atoms with van der Waals surface area (Å²) in [5.41, 5.74) is 3.17. The number of amides is 2. The fourth-order valence-electron chi connectivity index (χ4n) is 4.30. The Hall–Kier alpha value is -2.53. The van der Waals surface area contributed by atoms with Gasteiger partial charge in [0, 0.05) is 55.5 Å². The number of aryl methyl sites for hydroxylation is 1. The summed E-state index contributed by atoms with van der Waals surface area (Å²) in [6, 6.07) is 15.8. The van der Waals surface area contributed by atoms with Crippen LogP contribution in [-0.2, 0) is 16.0 Å². The van der Waals surface area contributed by atoms with Crippen molar-refractivity contribution in [2.45, 2.75) is 19.8 Å². The van der Waals surface area contributed by atoms with Crippen molar-refractivity contribution in [3.8, 4) is 0 Å². The zero-order chi connectivity index (χ0) is 20.4. The lowest BCUT2D eigenvalue weighted by Crippen LogP contribution is -2.50. The minimum absolute atomic E-state index is 0.0433. The summed E-state index contributed by atoms with van der Waals surface area (Å²) in [6.45, 7) is 5.44. The molecule has 0 unspecified atom stereocenters. The number of benzene rings is 2. The highest BCUT2D eigenvalue weighted by molar-refractivity contribution is 6.30. The van der Waals surface area contributed by atoms with Gasteiger partial charge in [0.1, 0.15) is 0 Å². The standard InChI is InChI=1S/C23H26ClN3O2/c1-2-17-6-3-4-9-21(17)27-16-18(14-22(27)28)23(29)26-12-10-25(11-13-26)20-8-5-7-19(24)15-20/h3-9,15,18H,2,10-14,16H2,1H3/t18-/m0/s1. The highest BCUT2D eigenvalue weighted by Crippen LogP contribution is 2.30. The van der Waals surface area contributed by atoms with Crippen LogP contribution < -0.4 is 9.80 Å². The number of halogens is 1. The Morgan fingerprint density at radius 2 is 1.83 bits per heavy atom. The smallest absolute Gasteiger partial charge is 0.228 e. The van der Waals surface area contributed by atoms with Crippen molar-refractivity contribution in [1.29, 1.82) is 0 Å². The van der Waals surface area contributed by atoms with E-state index >= 15 is 0 Å². The molecule has 6 heteroatoms. The number of hydrogen-bond donors (Lipinski definition) is 0. The van der Waals surface area contributed by atoms with Crippen LogP contribution in [0.25, 0.3) is 0 Å². The molecule has 2 saturated heterocycles. The van der Waals surface area contributed by atoms with Crippen LogP contribution in [0.5, 0.6) is 0 Å². The Kier molecular flexibility index (Phi) is 5.76. The second-order valence-electron chi connectivity index (χ2n) is 7.68. The van der Waals surface area contributed by atoms with Crippen LogP contribution >= 0.6 is 11.6 Å². The third-order valence-corrected chi connectivity index (χ3v) is 6.14. The molecule has 2 heterocycles.